The summed E-state index contributed by atoms with van der Waals surface area (Å²) >= 11 is 6.16. The molecule has 2 rings (SSSR count). The van der Waals surface area contributed by atoms with Crippen molar-refractivity contribution in [3.8, 4) is 5.75 Å². The monoisotopic (exact) mass is 436 g/mol. The molecular formula is C22H33ClN4O3. The van der Waals surface area contributed by atoms with Crippen LogP contribution in [0.5, 0.6) is 5.75 Å². The minimum Gasteiger partial charge on any atom is -0.490 e. The summed E-state index contributed by atoms with van der Waals surface area (Å²) in [7, 11) is 0. The van der Waals surface area contributed by atoms with Crippen molar-refractivity contribution in [1.29, 1.82) is 0 Å². The number of nitrogens with one attached hydrogen (secondary N) is 2. The minimum absolute atomic E-state index is 0.151. The van der Waals surface area contributed by atoms with E-state index in [1.54, 1.807) is 6.20 Å². The van der Waals surface area contributed by atoms with E-state index in [-0.39, 0.29) is 17.2 Å². The van der Waals surface area contributed by atoms with E-state index in [2.05, 4.69) is 41.7 Å². The minimum atomic E-state index is -0.627. The fraction of sp³-hybridized carbons (Fsp3) is 0.545. The lowest BCUT2D eigenvalue weighted by Crippen LogP contribution is -2.34. The summed E-state index contributed by atoms with van der Waals surface area (Å²) in [6.07, 6.45) is 2.82. The molecule has 0 saturated carbocycles. The summed E-state index contributed by atoms with van der Waals surface area (Å²) in [6.45, 7) is 10.5. The van der Waals surface area contributed by atoms with Gasteiger partial charge in [0.1, 0.15) is 23.5 Å². The molecule has 2 aromatic rings. The van der Waals surface area contributed by atoms with Gasteiger partial charge < -0.3 is 20.5 Å². The Labute approximate surface area is 183 Å². The van der Waals surface area contributed by atoms with Gasteiger partial charge in [-0.05, 0) is 38.3 Å². The van der Waals surface area contributed by atoms with Crippen molar-refractivity contribution in [2.45, 2.75) is 53.2 Å². The van der Waals surface area contributed by atoms with Gasteiger partial charge in [-0.3, -0.25) is 4.79 Å². The Bertz CT molecular complexity index is 862. The fourth-order valence-electron chi connectivity index (χ4n) is 3.24. The van der Waals surface area contributed by atoms with E-state index in [9.17, 15) is 9.90 Å². The highest BCUT2D eigenvalue weighted by Gasteiger charge is 2.10. The molecular weight excluding hydrogens is 404 g/mol. The molecule has 0 aliphatic heterocycles. The molecule has 7 nitrogen and oxygen atoms in total. The van der Waals surface area contributed by atoms with Gasteiger partial charge in [-0.2, -0.15) is 5.10 Å². The van der Waals surface area contributed by atoms with Gasteiger partial charge in [0.25, 0.3) is 5.56 Å². The largest absolute Gasteiger partial charge is 0.490 e. The lowest BCUT2D eigenvalue weighted by atomic mass is 10.1. The number of hydrogen-bond donors (Lipinski definition) is 3. The van der Waals surface area contributed by atoms with Crippen LogP contribution < -0.4 is 20.9 Å². The van der Waals surface area contributed by atoms with Crippen LogP contribution in [0.2, 0.25) is 5.02 Å². The highest BCUT2D eigenvalue weighted by Crippen LogP contribution is 2.24. The van der Waals surface area contributed by atoms with E-state index < -0.39 is 6.10 Å². The third kappa shape index (κ3) is 7.00. The average molecular weight is 437 g/mol. The highest BCUT2D eigenvalue weighted by atomic mass is 35.5. The first-order chi connectivity index (χ1) is 14.3. The van der Waals surface area contributed by atoms with Crippen molar-refractivity contribution in [3.63, 3.8) is 0 Å². The Morgan fingerprint density at radius 2 is 1.93 bits per heavy atom. The number of halogens is 1. The number of aromatic nitrogens is 2. The quantitative estimate of drug-likeness (QED) is 0.443. The number of hydrogen-bond acceptors (Lipinski definition) is 6. The second-order valence-corrected chi connectivity index (χ2v) is 7.96. The van der Waals surface area contributed by atoms with E-state index in [1.165, 1.54) is 10.2 Å². The highest BCUT2D eigenvalue weighted by molar-refractivity contribution is 6.32. The zero-order valence-corrected chi connectivity index (χ0v) is 19.1. The van der Waals surface area contributed by atoms with Crippen LogP contribution in [0, 0.1) is 20.8 Å². The predicted octanol–water partition coefficient (Wildman–Crippen LogP) is 3.06. The molecule has 0 radical (unpaired) electrons. The number of aliphatic hydroxyl groups is 1. The molecule has 1 aromatic heterocycles. The normalized spacial score (nSPS) is 12.1. The van der Waals surface area contributed by atoms with Crippen LogP contribution in [0.15, 0.2) is 23.1 Å². The van der Waals surface area contributed by atoms with Gasteiger partial charge >= 0.3 is 0 Å². The van der Waals surface area contributed by atoms with Crippen molar-refractivity contribution in [1.82, 2.24) is 15.1 Å². The van der Waals surface area contributed by atoms with Gasteiger partial charge in [-0.25, -0.2) is 4.68 Å². The van der Waals surface area contributed by atoms with E-state index in [0.717, 1.165) is 29.7 Å². The van der Waals surface area contributed by atoms with Crippen molar-refractivity contribution in [2.75, 3.05) is 31.6 Å². The third-order valence-corrected chi connectivity index (χ3v) is 5.10. The molecule has 1 atom stereocenters. The maximum absolute atomic E-state index is 12.2. The Morgan fingerprint density at radius 1 is 1.23 bits per heavy atom. The lowest BCUT2D eigenvalue weighted by molar-refractivity contribution is 0.106. The van der Waals surface area contributed by atoms with Crippen LogP contribution in [0.3, 0.4) is 0 Å². The van der Waals surface area contributed by atoms with Crippen LogP contribution >= 0.6 is 11.6 Å². The van der Waals surface area contributed by atoms with Crippen molar-refractivity contribution in [3.05, 3.63) is 50.4 Å². The van der Waals surface area contributed by atoms with Crippen molar-refractivity contribution < 1.29 is 9.84 Å². The molecule has 0 aliphatic rings. The molecule has 1 unspecified atom stereocenters. The zero-order chi connectivity index (χ0) is 22.1. The number of nitrogens with zero attached hydrogens (tertiary/aromatic N) is 2. The summed E-state index contributed by atoms with van der Waals surface area (Å²) in [6, 6.07) is 4.14. The molecule has 0 aliphatic carbocycles. The predicted molar refractivity (Wildman–Crippen MR) is 122 cm³/mol. The third-order valence-electron chi connectivity index (χ3n) is 4.73. The smallest absolute Gasteiger partial charge is 0.287 e. The molecule has 0 saturated heterocycles. The number of anilines is 1. The molecule has 0 fully saturated rings. The molecule has 8 heteroatoms. The zero-order valence-electron chi connectivity index (χ0n) is 18.3. The first-order valence-electron chi connectivity index (χ1n) is 10.4. The van der Waals surface area contributed by atoms with Gasteiger partial charge in [0.2, 0.25) is 0 Å². The number of aryl methyl sites for hydroxylation is 4. The molecule has 0 bridgehead atoms. The van der Waals surface area contributed by atoms with E-state index in [0.29, 0.717) is 31.9 Å². The molecule has 1 heterocycles. The van der Waals surface area contributed by atoms with E-state index in [1.807, 2.05) is 13.8 Å². The molecule has 166 valence electrons. The molecule has 0 amide bonds. The second kappa shape index (κ2) is 11.9. The first-order valence-corrected chi connectivity index (χ1v) is 10.8. The lowest BCUT2D eigenvalue weighted by Gasteiger charge is -2.17. The van der Waals surface area contributed by atoms with Gasteiger partial charge in [0.05, 0.1) is 11.9 Å². The maximum atomic E-state index is 12.2. The van der Waals surface area contributed by atoms with Gasteiger partial charge in [-0.15, -0.1) is 0 Å². The van der Waals surface area contributed by atoms with Crippen molar-refractivity contribution >= 4 is 17.3 Å². The summed E-state index contributed by atoms with van der Waals surface area (Å²) < 4.78 is 7.20. The van der Waals surface area contributed by atoms with Crippen molar-refractivity contribution in [2.24, 2.45) is 0 Å². The number of ether oxygens (including phenoxy) is 1. The second-order valence-electron chi connectivity index (χ2n) is 7.58. The van der Waals surface area contributed by atoms with Gasteiger partial charge in [0, 0.05) is 26.2 Å². The summed E-state index contributed by atoms with van der Waals surface area (Å²) in [5.41, 5.74) is 3.57. The van der Waals surface area contributed by atoms with Crippen LogP contribution in [0.1, 0.15) is 36.5 Å². The number of rotatable bonds is 12. The Hall–Kier alpha value is -2.09. The number of unbranched alkanes of at least 4 members (excludes halogenated alkanes) is 1. The van der Waals surface area contributed by atoms with Crippen LogP contribution in [0.4, 0.5) is 5.69 Å². The summed E-state index contributed by atoms with van der Waals surface area (Å²) in [4.78, 5) is 12.2. The van der Waals surface area contributed by atoms with Crippen LogP contribution in [-0.4, -0.2) is 47.2 Å². The van der Waals surface area contributed by atoms with Crippen LogP contribution in [-0.2, 0) is 6.54 Å². The van der Waals surface area contributed by atoms with Gasteiger partial charge in [-0.1, -0.05) is 42.6 Å². The SMILES string of the molecule is CCCCn1ncc(NCCNCC(O)COc2c(C)cc(C)cc2C)c(Cl)c1=O. The summed E-state index contributed by atoms with van der Waals surface area (Å²) in [5, 5.41) is 20.7. The van der Waals surface area contributed by atoms with E-state index in [4.69, 9.17) is 16.3 Å². The molecule has 1 aromatic carbocycles. The summed E-state index contributed by atoms with van der Waals surface area (Å²) in [5.74, 6) is 0.831. The number of benzene rings is 1. The number of aliphatic hydroxyl groups excluding tert-OH is 1. The van der Waals surface area contributed by atoms with Gasteiger partial charge in [0.15, 0.2) is 0 Å². The first kappa shape index (κ1) is 24.2. The molecule has 0 spiro atoms. The maximum Gasteiger partial charge on any atom is 0.287 e. The standard InChI is InChI=1S/C22H33ClN4O3/c1-5-6-9-27-22(29)20(23)19(13-26-27)25-8-7-24-12-18(28)14-30-21-16(3)10-15(2)11-17(21)4/h10-11,13,18,24-25,28H,5-9,12,14H2,1-4H3. The Morgan fingerprint density at radius 3 is 2.60 bits per heavy atom. The fourth-order valence-corrected chi connectivity index (χ4v) is 3.46. The van der Waals surface area contributed by atoms with E-state index >= 15 is 0 Å². The molecule has 3 N–H and O–H groups in total. The Kier molecular flexibility index (Phi) is 9.62. The molecule has 30 heavy (non-hydrogen) atoms. The van der Waals surface area contributed by atoms with Crippen LogP contribution in [0.25, 0.3) is 0 Å². The Balaban J connectivity index is 1.71. The average Bonchev–Trinajstić information content (AvgIpc) is 2.69. The topological polar surface area (TPSA) is 88.4 Å².